The number of nitrogens with zero attached hydrogens (tertiary/aromatic N) is 2. The molecular formula is C15H23N3O3. The summed E-state index contributed by atoms with van der Waals surface area (Å²) in [5.74, 6) is 0.801. The van der Waals surface area contributed by atoms with Gasteiger partial charge in [0.05, 0.1) is 13.7 Å². The number of amides is 1. The van der Waals surface area contributed by atoms with Gasteiger partial charge in [0.1, 0.15) is 5.75 Å². The minimum absolute atomic E-state index is 0.00586. The molecule has 0 aliphatic carbocycles. The predicted molar refractivity (Wildman–Crippen MR) is 81.6 cm³/mol. The van der Waals surface area contributed by atoms with Crippen molar-refractivity contribution in [2.24, 2.45) is 10.9 Å². The Bertz CT molecular complexity index is 483. The molecule has 1 aromatic rings. The first-order valence-electron chi connectivity index (χ1n) is 6.86. The van der Waals surface area contributed by atoms with E-state index < -0.39 is 0 Å². The molecule has 0 aliphatic heterocycles. The summed E-state index contributed by atoms with van der Waals surface area (Å²) in [4.78, 5) is 13.8. The van der Waals surface area contributed by atoms with E-state index in [9.17, 15) is 4.79 Å². The number of ether oxygens (including phenoxy) is 1. The van der Waals surface area contributed by atoms with Gasteiger partial charge in [-0.3, -0.25) is 4.79 Å². The molecule has 6 nitrogen and oxygen atoms in total. The maximum atomic E-state index is 12.2. The maximum absolute atomic E-state index is 12.2. The summed E-state index contributed by atoms with van der Waals surface area (Å²) < 4.78 is 5.09. The number of hydrogen-bond donors (Lipinski definition) is 2. The van der Waals surface area contributed by atoms with Crippen molar-refractivity contribution in [1.29, 1.82) is 0 Å². The van der Waals surface area contributed by atoms with Crippen molar-refractivity contribution >= 4 is 11.7 Å². The summed E-state index contributed by atoms with van der Waals surface area (Å²) in [5.41, 5.74) is 6.55. The molecule has 0 bridgehead atoms. The molecule has 21 heavy (non-hydrogen) atoms. The molecular weight excluding hydrogens is 270 g/mol. The van der Waals surface area contributed by atoms with Gasteiger partial charge in [-0.15, -0.1) is 0 Å². The Kier molecular flexibility index (Phi) is 6.52. The Labute approximate surface area is 125 Å². The number of carbonyl (C=O) groups is 1. The van der Waals surface area contributed by atoms with Gasteiger partial charge in [-0.2, -0.15) is 0 Å². The van der Waals surface area contributed by atoms with Crippen LogP contribution in [-0.4, -0.2) is 41.5 Å². The number of rotatable bonds is 7. The van der Waals surface area contributed by atoms with Crippen LogP contribution in [0.15, 0.2) is 29.4 Å². The fraction of sp³-hybridized carbons (Fsp3) is 0.467. The fourth-order valence-corrected chi connectivity index (χ4v) is 1.95. The van der Waals surface area contributed by atoms with Crippen LogP contribution in [0.25, 0.3) is 0 Å². The summed E-state index contributed by atoms with van der Waals surface area (Å²) in [7, 11) is 1.62. The van der Waals surface area contributed by atoms with Gasteiger partial charge in [0.2, 0.25) is 5.91 Å². The van der Waals surface area contributed by atoms with Gasteiger partial charge >= 0.3 is 0 Å². The van der Waals surface area contributed by atoms with Crippen molar-refractivity contribution in [1.82, 2.24) is 4.90 Å². The van der Waals surface area contributed by atoms with E-state index in [4.69, 9.17) is 15.7 Å². The highest BCUT2D eigenvalue weighted by Crippen LogP contribution is 2.13. The van der Waals surface area contributed by atoms with Crippen molar-refractivity contribution < 1.29 is 14.7 Å². The first kappa shape index (κ1) is 16.8. The van der Waals surface area contributed by atoms with Crippen molar-refractivity contribution in [2.75, 3.05) is 13.7 Å². The van der Waals surface area contributed by atoms with Crippen molar-refractivity contribution in [3.05, 3.63) is 29.8 Å². The number of benzene rings is 1. The SMILES string of the molecule is COc1ccc(CCC(=O)N(CC(N)=NO)C(C)C)cc1. The Morgan fingerprint density at radius 2 is 2.00 bits per heavy atom. The molecule has 1 amide bonds. The third-order valence-electron chi connectivity index (χ3n) is 3.19. The lowest BCUT2D eigenvalue weighted by atomic mass is 10.1. The first-order valence-corrected chi connectivity index (χ1v) is 6.86. The van der Waals surface area contributed by atoms with Gasteiger partial charge in [-0.1, -0.05) is 17.3 Å². The summed E-state index contributed by atoms with van der Waals surface area (Å²) in [6.45, 7) is 3.93. The van der Waals surface area contributed by atoms with Gasteiger partial charge in [-0.05, 0) is 38.0 Å². The molecule has 0 heterocycles. The molecule has 6 heteroatoms. The number of aryl methyl sites for hydroxylation is 1. The summed E-state index contributed by atoms with van der Waals surface area (Å²) in [5, 5.41) is 11.5. The second kappa shape index (κ2) is 8.14. The van der Waals surface area contributed by atoms with Gasteiger partial charge in [-0.25, -0.2) is 0 Å². The number of oxime groups is 1. The van der Waals surface area contributed by atoms with Crippen LogP contribution < -0.4 is 10.5 Å². The summed E-state index contributed by atoms with van der Waals surface area (Å²) >= 11 is 0. The molecule has 0 spiro atoms. The monoisotopic (exact) mass is 293 g/mol. The quantitative estimate of drug-likeness (QED) is 0.346. The summed E-state index contributed by atoms with van der Waals surface area (Å²) in [6, 6.07) is 7.62. The van der Waals surface area contributed by atoms with Gasteiger partial charge in [0.25, 0.3) is 0 Å². The molecule has 116 valence electrons. The van der Waals surface area contributed by atoms with Gasteiger partial charge in [0.15, 0.2) is 5.84 Å². The lowest BCUT2D eigenvalue weighted by Crippen LogP contribution is -2.42. The van der Waals surface area contributed by atoms with E-state index in [0.717, 1.165) is 11.3 Å². The van der Waals surface area contributed by atoms with E-state index >= 15 is 0 Å². The normalized spacial score (nSPS) is 11.5. The molecule has 3 N–H and O–H groups in total. The van der Waals surface area contributed by atoms with Gasteiger partial charge in [0, 0.05) is 12.5 Å². The number of carbonyl (C=O) groups excluding carboxylic acids is 1. The minimum atomic E-state index is -0.0209. The Morgan fingerprint density at radius 3 is 2.48 bits per heavy atom. The van der Waals surface area contributed by atoms with Crippen LogP contribution in [0.4, 0.5) is 0 Å². The molecule has 0 radical (unpaired) electrons. The topological polar surface area (TPSA) is 88.2 Å². The van der Waals surface area contributed by atoms with E-state index in [1.54, 1.807) is 12.0 Å². The smallest absolute Gasteiger partial charge is 0.223 e. The molecule has 0 unspecified atom stereocenters. The predicted octanol–water partition coefficient (Wildman–Crippen LogP) is 1.61. The number of nitrogens with two attached hydrogens (primary N) is 1. The second-order valence-corrected chi connectivity index (χ2v) is 5.05. The Hall–Kier alpha value is -2.24. The molecule has 0 fully saturated rings. The van der Waals surface area contributed by atoms with Crippen molar-refractivity contribution in [2.45, 2.75) is 32.7 Å². The van der Waals surface area contributed by atoms with Gasteiger partial charge < -0.3 is 20.6 Å². The van der Waals surface area contributed by atoms with E-state index in [0.29, 0.717) is 12.8 Å². The van der Waals surface area contributed by atoms with Crippen LogP contribution in [0.5, 0.6) is 5.75 Å². The van der Waals surface area contributed by atoms with Crippen molar-refractivity contribution in [3.8, 4) is 5.75 Å². The highest BCUT2D eigenvalue weighted by atomic mass is 16.5. The Morgan fingerprint density at radius 1 is 1.38 bits per heavy atom. The van der Waals surface area contributed by atoms with Crippen LogP contribution in [-0.2, 0) is 11.2 Å². The molecule has 0 atom stereocenters. The minimum Gasteiger partial charge on any atom is -0.497 e. The molecule has 0 aromatic heterocycles. The number of amidine groups is 1. The highest BCUT2D eigenvalue weighted by Gasteiger charge is 2.18. The maximum Gasteiger partial charge on any atom is 0.223 e. The van der Waals surface area contributed by atoms with E-state index in [1.807, 2.05) is 38.1 Å². The largest absolute Gasteiger partial charge is 0.497 e. The molecule has 1 rings (SSSR count). The van der Waals surface area contributed by atoms with Crippen LogP contribution in [0.1, 0.15) is 25.8 Å². The highest BCUT2D eigenvalue weighted by molar-refractivity contribution is 5.87. The van der Waals surface area contributed by atoms with Crippen LogP contribution in [0.3, 0.4) is 0 Å². The third-order valence-corrected chi connectivity index (χ3v) is 3.19. The van der Waals surface area contributed by atoms with E-state index in [-0.39, 0.29) is 24.3 Å². The first-order chi connectivity index (χ1) is 9.97. The summed E-state index contributed by atoms with van der Waals surface area (Å²) in [6.07, 6.45) is 1.02. The van der Waals surface area contributed by atoms with Crippen molar-refractivity contribution in [3.63, 3.8) is 0 Å². The zero-order valence-corrected chi connectivity index (χ0v) is 12.7. The zero-order chi connectivity index (χ0) is 15.8. The standard InChI is InChI=1S/C15H23N3O3/c1-11(2)18(10-14(16)17-20)15(19)9-6-12-4-7-13(21-3)8-5-12/h4-5,7-8,11,20H,6,9-10H2,1-3H3,(H2,16,17). The number of methoxy groups -OCH3 is 1. The van der Waals surface area contributed by atoms with Crippen LogP contribution >= 0.6 is 0 Å². The molecule has 0 aliphatic rings. The molecule has 0 saturated heterocycles. The Balaban J connectivity index is 2.60. The van der Waals surface area contributed by atoms with E-state index in [1.165, 1.54) is 0 Å². The zero-order valence-electron chi connectivity index (χ0n) is 12.7. The number of hydrogen-bond acceptors (Lipinski definition) is 4. The van der Waals surface area contributed by atoms with Crippen LogP contribution in [0, 0.1) is 0 Å². The van der Waals surface area contributed by atoms with Crippen LogP contribution in [0.2, 0.25) is 0 Å². The fourth-order valence-electron chi connectivity index (χ4n) is 1.95. The second-order valence-electron chi connectivity index (χ2n) is 5.05. The molecule has 1 aromatic carbocycles. The lowest BCUT2D eigenvalue weighted by Gasteiger charge is -2.26. The lowest BCUT2D eigenvalue weighted by molar-refractivity contribution is -0.132. The third kappa shape index (κ3) is 5.33. The average Bonchev–Trinajstić information content (AvgIpc) is 2.50. The molecule has 0 saturated carbocycles. The average molecular weight is 293 g/mol. The van der Waals surface area contributed by atoms with E-state index in [2.05, 4.69) is 5.16 Å².